The summed E-state index contributed by atoms with van der Waals surface area (Å²) in [5.41, 5.74) is 0.516. The maximum absolute atomic E-state index is 12.1. The minimum atomic E-state index is -0.743. The van der Waals surface area contributed by atoms with Crippen molar-refractivity contribution in [2.75, 3.05) is 11.9 Å². The Hall–Kier alpha value is -3.42. The first kappa shape index (κ1) is 16.0. The number of amides is 2. The number of carbonyl (C=O) groups is 2. The number of rotatable bonds is 6. The Morgan fingerprint density at radius 1 is 1.22 bits per heavy atom. The molecule has 0 aliphatic carbocycles. The van der Waals surface area contributed by atoms with Crippen molar-refractivity contribution in [1.29, 1.82) is 0 Å². The fraction of sp³-hybridized carbons (Fsp3) is 0.0667. The van der Waals surface area contributed by atoms with Gasteiger partial charge in [0.25, 0.3) is 11.8 Å². The van der Waals surface area contributed by atoms with Gasteiger partial charge in [0, 0.05) is 6.54 Å². The average Bonchev–Trinajstić information content (AvgIpc) is 3.03. The quantitative estimate of drug-likeness (QED) is 0.482. The van der Waals surface area contributed by atoms with Crippen LogP contribution in [0, 0.1) is 10.1 Å². The zero-order chi connectivity index (χ0) is 16.8. The van der Waals surface area contributed by atoms with Crippen LogP contribution in [0.15, 0.2) is 53.5 Å². The monoisotopic (exact) mass is 315 g/mol. The molecular weight excluding hydrogens is 302 g/mol. The topological polar surface area (TPSA) is 114 Å². The number of hydrogen-bond donors (Lipinski definition) is 2. The maximum atomic E-state index is 12.1. The first-order chi connectivity index (χ1) is 11.0. The molecule has 0 bridgehead atoms. The highest BCUT2D eigenvalue weighted by molar-refractivity contribution is 6.08. The molecule has 2 N–H and O–H groups in total. The van der Waals surface area contributed by atoms with Gasteiger partial charge in [-0.2, -0.15) is 0 Å². The van der Waals surface area contributed by atoms with E-state index >= 15 is 0 Å². The number of nitro groups is 1. The highest BCUT2D eigenvalue weighted by Crippen LogP contribution is 2.19. The predicted molar refractivity (Wildman–Crippen MR) is 82.3 cm³/mol. The summed E-state index contributed by atoms with van der Waals surface area (Å²) in [4.78, 5) is 33.9. The van der Waals surface area contributed by atoms with Gasteiger partial charge in [-0.3, -0.25) is 19.7 Å². The predicted octanol–water partition coefficient (Wildman–Crippen LogP) is 2.36. The molecule has 2 aromatic rings. The van der Waals surface area contributed by atoms with Gasteiger partial charge in [-0.05, 0) is 18.2 Å². The van der Waals surface area contributed by atoms with Crippen molar-refractivity contribution in [2.24, 2.45) is 0 Å². The fourth-order valence-electron chi connectivity index (χ4n) is 1.78. The molecule has 0 fully saturated rings. The van der Waals surface area contributed by atoms with Gasteiger partial charge in [0.05, 0.1) is 17.3 Å². The summed E-state index contributed by atoms with van der Waals surface area (Å²) in [6.45, 7) is 3.78. The van der Waals surface area contributed by atoms with E-state index in [9.17, 15) is 19.7 Å². The summed E-state index contributed by atoms with van der Waals surface area (Å²) in [7, 11) is 0. The smallest absolute Gasteiger partial charge is 0.395 e. The molecule has 8 heteroatoms. The number of para-hydroxylation sites is 1. The number of anilines is 1. The van der Waals surface area contributed by atoms with Crippen molar-refractivity contribution in [2.45, 2.75) is 0 Å². The largest absolute Gasteiger partial charge is 0.433 e. The zero-order valence-corrected chi connectivity index (χ0v) is 11.9. The molecule has 1 heterocycles. The van der Waals surface area contributed by atoms with E-state index in [1.807, 2.05) is 0 Å². The van der Waals surface area contributed by atoms with Gasteiger partial charge >= 0.3 is 5.88 Å². The lowest BCUT2D eigenvalue weighted by Crippen LogP contribution is -2.25. The van der Waals surface area contributed by atoms with Crippen LogP contribution < -0.4 is 10.6 Å². The lowest BCUT2D eigenvalue weighted by molar-refractivity contribution is -0.402. The molecule has 1 aromatic heterocycles. The van der Waals surface area contributed by atoms with E-state index in [4.69, 9.17) is 4.42 Å². The first-order valence-corrected chi connectivity index (χ1v) is 6.56. The van der Waals surface area contributed by atoms with Gasteiger partial charge in [0.1, 0.15) is 4.92 Å². The van der Waals surface area contributed by atoms with Crippen LogP contribution >= 0.6 is 0 Å². The molecule has 0 saturated heterocycles. The Kier molecular flexibility index (Phi) is 4.88. The van der Waals surface area contributed by atoms with E-state index in [-0.39, 0.29) is 29.5 Å². The molecule has 0 spiro atoms. The molecule has 0 radical (unpaired) electrons. The Morgan fingerprint density at radius 3 is 2.61 bits per heavy atom. The van der Waals surface area contributed by atoms with E-state index in [1.165, 1.54) is 18.2 Å². The normalized spacial score (nSPS) is 9.91. The van der Waals surface area contributed by atoms with Crippen LogP contribution in [-0.2, 0) is 0 Å². The molecule has 1 aromatic carbocycles. The van der Waals surface area contributed by atoms with Gasteiger partial charge in [0.2, 0.25) is 0 Å². The highest BCUT2D eigenvalue weighted by Gasteiger charge is 2.19. The first-order valence-electron chi connectivity index (χ1n) is 6.56. The van der Waals surface area contributed by atoms with Crippen molar-refractivity contribution < 1.29 is 18.9 Å². The van der Waals surface area contributed by atoms with Gasteiger partial charge in [-0.25, -0.2) is 0 Å². The van der Waals surface area contributed by atoms with E-state index in [2.05, 4.69) is 17.2 Å². The molecule has 0 atom stereocenters. The molecule has 0 aliphatic rings. The average molecular weight is 315 g/mol. The van der Waals surface area contributed by atoms with Crippen LogP contribution in [0.2, 0.25) is 0 Å². The third-order valence-corrected chi connectivity index (χ3v) is 2.82. The van der Waals surface area contributed by atoms with Gasteiger partial charge in [-0.1, -0.05) is 18.2 Å². The maximum Gasteiger partial charge on any atom is 0.433 e. The SMILES string of the molecule is C=CCNC(=O)c1ccccc1NC(=O)c1ccc([N+](=O)[O-])o1. The molecule has 0 aliphatic heterocycles. The number of furan rings is 1. The Bertz CT molecular complexity index is 766. The second-order valence-corrected chi connectivity index (χ2v) is 4.39. The zero-order valence-electron chi connectivity index (χ0n) is 11.9. The third-order valence-electron chi connectivity index (χ3n) is 2.82. The van der Waals surface area contributed by atoms with Crippen LogP contribution in [0.5, 0.6) is 0 Å². The number of nitrogens with zero attached hydrogens (tertiary/aromatic N) is 1. The minimum absolute atomic E-state index is 0.224. The van der Waals surface area contributed by atoms with Gasteiger partial charge in [0.15, 0.2) is 5.76 Å². The van der Waals surface area contributed by atoms with Gasteiger partial charge in [-0.15, -0.1) is 6.58 Å². The Morgan fingerprint density at radius 2 is 1.96 bits per heavy atom. The molecule has 118 valence electrons. The highest BCUT2D eigenvalue weighted by atomic mass is 16.6. The lowest BCUT2D eigenvalue weighted by atomic mass is 10.1. The van der Waals surface area contributed by atoms with E-state index in [1.54, 1.807) is 18.2 Å². The summed E-state index contributed by atoms with van der Waals surface area (Å²) >= 11 is 0. The lowest BCUT2D eigenvalue weighted by Gasteiger charge is -2.09. The Labute approximate surface area is 130 Å². The summed E-state index contributed by atoms with van der Waals surface area (Å²) in [6, 6.07) is 8.64. The van der Waals surface area contributed by atoms with E-state index in [0.717, 1.165) is 6.07 Å². The van der Waals surface area contributed by atoms with Crippen molar-refractivity contribution in [3.63, 3.8) is 0 Å². The summed E-state index contributed by atoms with van der Waals surface area (Å²) in [5.74, 6) is -1.83. The summed E-state index contributed by atoms with van der Waals surface area (Å²) in [5, 5.41) is 15.7. The molecule has 2 rings (SSSR count). The van der Waals surface area contributed by atoms with Crippen molar-refractivity contribution >= 4 is 23.4 Å². The second-order valence-electron chi connectivity index (χ2n) is 4.39. The number of hydrogen-bond acceptors (Lipinski definition) is 5. The standard InChI is InChI=1S/C15H13N3O5/c1-2-9-16-14(19)10-5-3-4-6-11(10)17-15(20)12-7-8-13(23-12)18(21)22/h2-8H,1,9H2,(H,16,19)(H,17,20). The van der Waals surface area contributed by atoms with E-state index < -0.39 is 16.7 Å². The Balaban J connectivity index is 2.18. The van der Waals surface area contributed by atoms with Crippen molar-refractivity contribution in [1.82, 2.24) is 5.32 Å². The number of nitrogens with one attached hydrogen (secondary N) is 2. The second kappa shape index (κ2) is 7.03. The molecule has 2 amide bonds. The summed E-state index contributed by atoms with van der Waals surface area (Å²) in [6.07, 6.45) is 1.53. The van der Waals surface area contributed by atoms with Crippen LogP contribution in [0.3, 0.4) is 0 Å². The van der Waals surface area contributed by atoms with Crippen LogP contribution in [0.4, 0.5) is 11.6 Å². The molecule has 8 nitrogen and oxygen atoms in total. The molecule has 0 saturated carbocycles. The fourth-order valence-corrected chi connectivity index (χ4v) is 1.78. The van der Waals surface area contributed by atoms with E-state index in [0.29, 0.717) is 0 Å². The number of carbonyl (C=O) groups excluding carboxylic acids is 2. The molecule has 0 unspecified atom stereocenters. The van der Waals surface area contributed by atoms with Crippen LogP contribution in [-0.4, -0.2) is 23.3 Å². The minimum Gasteiger partial charge on any atom is -0.395 e. The van der Waals surface area contributed by atoms with Crippen LogP contribution in [0.1, 0.15) is 20.9 Å². The van der Waals surface area contributed by atoms with Crippen molar-refractivity contribution in [3.8, 4) is 0 Å². The number of benzene rings is 1. The molecular formula is C15H13N3O5. The van der Waals surface area contributed by atoms with Gasteiger partial charge < -0.3 is 15.1 Å². The van der Waals surface area contributed by atoms with Crippen molar-refractivity contribution in [3.05, 3.63) is 70.5 Å². The molecule has 23 heavy (non-hydrogen) atoms. The van der Waals surface area contributed by atoms with Crippen LogP contribution in [0.25, 0.3) is 0 Å². The summed E-state index contributed by atoms with van der Waals surface area (Å²) < 4.78 is 4.82. The third kappa shape index (κ3) is 3.82.